The lowest BCUT2D eigenvalue weighted by molar-refractivity contribution is 0.0722. The van der Waals surface area contributed by atoms with E-state index in [9.17, 15) is 14.4 Å². The van der Waals surface area contributed by atoms with Gasteiger partial charge in [0, 0.05) is 43.2 Å². The fourth-order valence-electron chi connectivity index (χ4n) is 4.99. The predicted octanol–water partition coefficient (Wildman–Crippen LogP) is 4.17. The zero-order valence-electron chi connectivity index (χ0n) is 19.7. The quantitative estimate of drug-likeness (QED) is 0.578. The molecule has 1 aromatic carbocycles. The van der Waals surface area contributed by atoms with Gasteiger partial charge in [-0.3, -0.25) is 14.4 Å². The molecule has 2 amide bonds. The lowest BCUT2D eigenvalue weighted by atomic mass is 10.1. The van der Waals surface area contributed by atoms with E-state index in [0.29, 0.717) is 24.5 Å². The van der Waals surface area contributed by atoms with Crippen LogP contribution in [0.4, 0.5) is 0 Å². The van der Waals surface area contributed by atoms with E-state index in [1.54, 1.807) is 23.4 Å². The number of carbonyl (C=O) groups excluding carboxylic acids is 2. The molecule has 0 spiro atoms. The van der Waals surface area contributed by atoms with Crippen molar-refractivity contribution in [2.75, 3.05) is 13.1 Å². The molecule has 2 fully saturated rings. The van der Waals surface area contributed by atoms with Crippen molar-refractivity contribution < 1.29 is 14.1 Å². The molecule has 1 N–H and O–H groups in total. The summed E-state index contributed by atoms with van der Waals surface area (Å²) >= 11 is 0. The number of likely N-dealkylation sites (tertiary alicyclic amines) is 1. The number of hydrogen-bond acceptors (Lipinski definition) is 5. The molecule has 0 bridgehead atoms. The molecule has 1 saturated heterocycles. The first-order chi connectivity index (χ1) is 17.1. The summed E-state index contributed by atoms with van der Waals surface area (Å²) in [6, 6.07) is 11.5. The minimum absolute atomic E-state index is 0.00784. The highest BCUT2D eigenvalue weighted by Gasteiger charge is 2.26. The molecule has 2 aromatic heterocycles. The number of carbonyl (C=O) groups is 2. The Balaban J connectivity index is 1.38. The highest BCUT2D eigenvalue weighted by atomic mass is 16.5. The molecule has 182 valence electrons. The Bertz CT molecular complexity index is 1250. The standard InChI is InChI=1S/C27H30N4O4/c32-25-22(26(33)28-16-20-15-24(35-29-20)19-9-3-1-4-10-19)17-31(21-11-5-6-12-21)18-23(25)27(34)30-13-7-2-8-14-30/h1,3-4,9-10,15,17-18,21H,2,5-8,11-14,16H2,(H,28,33). The van der Waals surface area contributed by atoms with Crippen LogP contribution in [0.15, 0.2) is 58.1 Å². The van der Waals surface area contributed by atoms with Crippen molar-refractivity contribution in [2.24, 2.45) is 0 Å². The number of piperidine rings is 1. The Morgan fingerprint density at radius 1 is 0.971 bits per heavy atom. The van der Waals surface area contributed by atoms with Crippen LogP contribution in [0.5, 0.6) is 0 Å². The lowest BCUT2D eigenvalue weighted by Gasteiger charge is -2.27. The molecule has 8 nitrogen and oxygen atoms in total. The number of rotatable bonds is 6. The minimum atomic E-state index is -0.516. The van der Waals surface area contributed by atoms with E-state index in [0.717, 1.165) is 50.5 Å². The molecule has 0 radical (unpaired) electrons. The number of benzene rings is 1. The van der Waals surface area contributed by atoms with Gasteiger partial charge in [0.25, 0.3) is 11.8 Å². The van der Waals surface area contributed by atoms with Crippen LogP contribution in [0.3, 0.4) is 0 Å². The maximum atomic E-state index is 13.3. The highest BCUT2D eigenvalue weighted by molar-refractivity contribution is 5.99. The smallest absolute Gasteiger partial charge is 0.259 e. The van der Waals surface area contributed by atoms with E-state index in [4.69, 9.17) is 4.52 Å². The molecule has 0 unspecified atom stereocenters. The topological polar surface area (TPSA) is 97.4 Å². The van der Waals surface area contributed by atoms with Crippen molar-refractivity contribution in [1.82, 2.24) is 19.9 Å². The van der Waals surface area contributed by atoms with Crippen LogP contribution in [0, 0.1) is 0 Å². The Hall–Kier alpha value is -3.68. The number of nitrogens with one attached hydrogen (secondary N) is 1. The van der Waals surface area contributed by atoms with Crippen molar-refractivity contribution in [3.8, 4) is 11.3 Å². The molecular weight excluding hydrogens is 444 g/mol. The van der Waals surface area contributed by atoms with Crippen LogP contribution in [0.1, 0.15) is 77.4 Å². The average molecular weight is 475 g/mol. The van der Waals surface area contributed by atoms with Crippen LogP contribution in [-0.4, -0.2) is 39.5 Å². The maximum Gasteiger partial charge on any atom is 0.259 e. The Morgan fingerprint density at radius 2 is 1.69 bits per heavy atom. The number of nitrogens with zero attached hydrogens (tertiary/aromatic N) is 3. The van der Waals surface area contributed by atoms with Gasteiger partial charge in [-0.05, 0) is 32.1 Å². The summed E-state index contributed by atoms with van der Waals surface area (Å²) in [5.74, 6) is -0.188. The molecule has 0 atom stereocenters. The van der Waals surface area contributed by atoms with Gasteiger partial charge < -0.3 is 19.3 Å². The van der Waals surface area contributed by atoms with Gasteiger partial charge in [0.05, 0.1) is 6.54 Å². The summed E-state index contributed by atoms with van der Waals surface area (Å²) in [6.07, 6.45) is 10.4. The van der Waals surface area contributed by atoms with Crippen molar-refractivity contribution in [3.05, 3.63) is 75.8 Å². The SMILES string of the molecule is O=C(NCc1cc(-c2ccccc2)on1)c1cn(C2CCCC2)cc(C(=O)N2CCCCC2)c1=O. The molecule has 2 aliphatic rings. The van der Waals surface area contributed by atoms with Crippen LogP contribution in [0.2, 0.25) is 0 Å². The second-order valence-electron chi connectivity index (χ2n) is 9.38. The lowest BCUT2D eigenvalue weighted by Crippen LogP contribution is -2.40. The largest absolute Gasteiger partial charge is 0.356 e. The summed E-state index contributed by atoms with van der Waals surface area (Å²) < 4.78 is 7.31. The first-order valence-electron chi connectivity index (χ1n) is 12.4. The fraction of sp³-hybridized carbons (Fsp3) is 0.407. The second kappa shape index (κ2) is 10.3. The van der Waals surface area contributed by atoms with Crippen LogP contribution < -0.4 is 10.7 Å². The van der Waals surface area contributed by atoms with E-state index < -0.39 is 11.3 Å². The molecule has 5 rings (SSSR count). The van der Waals surface area contributed by atoms with Gasteiger partial charge >= 0.3 is 0 Å². The van der Waals surface area contributed by atoms with Gasteiger partial charge in [-0.1, -0.05) is 48.3 Å². The molecule has 35 heavy (non-hydrogen) atoms. The summed E-state index contributed by atoms with van der Waals surface area (Å²) in [5, 5.41) is 6.82. The number of amides is 2. The highest BCUT2D eigenvalue weighted by Crippen LogP contribution is 2.29. The van der Waals surface area contributed by atoms with E-state index in [-0.39, 0.29) is 29.6 Å². The van der Waals surface area contributed by atoms with Gasteiger partial charge in [0.15, 0.2) is 5.76 Å². The maximum absolute atomic E-state index is 13.3. The molecule has 8 heteroatoms. The van der Waals surface area contributed by atoms with E-state index in [1.807, 2.05) is 34.9 Å². The summed E-state index contributed by atoms with van der Waals surface area (Å²) in [6.45, 7) is 1.41. The van der Waals surface area contributed by atoms with Gasteiger partial charge in [0.1, 0.15) is 16.8 Å². The van der Waals surface area contributed by atoms with Gasteiger partial charge in [-0.25, -0.2) is 0 Å². The normalized spacial score (nSPS) is 16.4. The Morgan fingerprint density at radius 3 is 2.43 bits per heavy atom. The van der Waals surface area contributed by atoms with Gasteiger partial charge in [-0.15, -0.1) is 0 Å². The van der Waals surface area contributed by atoms with Gasteiger partial charge in [-0.2, -0.15) is 0 Å². The van der Waals surface area contributed by atoms with E-state index in [1.165, 1.54) is 0 Å². The molecule has 3 heterocycles. The van der Waals surface area contributed by atoms with Crippen LogP contribution in [0.25, 0.3) is 11.3 Å². The Labute approximate surface area is 203 Å². The zero-order valence-corrected chi connectivity index (χ0v) is 19.7. The number of aromatic nitrogens is 2. The van der Waals surface area contributed by atoms with E-state index in [2.05, 4.69) is 10.5 Å². The molecule has 1 aliphatic heterocycles. The summed E-state index contributed by atoms with van der Waals surface area (Å²) in [7, 11) is 0. The second-order valence-corrected chi connectivity index (χ2v) is 9.38. The van der Waals surface area contributed by atoms with Crippen LogP contribution in [-0.2, 0) is 6.54 Å². The monoisotopic (exact) mass is 474 g/mol. The molecule has 3 aromatic rings. The third-order valence-electron chi connectivity index (χ3n) is 6.96. The molecule has 1 saturated carbocycles. The third-order valence-corrected chi connectivity index (χ3v) is 6.96. The van der Waals surface area contributed by atoms with Crippen molar-refractivity contribution >= 4 is 11.8 Å². The van der Waals surface area contributed by atoms with Crippen molar-refractivity contribution in [1.29, 1.82) is 0 Å². The molecular formula is C27H30N4O4. The van der Waals surface area contributed by atoms with Crippen LogP contribution >= 0.6 is 0 Å². The Kier molecular flexibility index (Phi) is 6.79. The zero-order chi connectivity index (χ0) is 24.2. The van der Waals surface area contributed by atoms with E-state index >= 15 is 0 Å². The molecule has 1 aliphatic carbocycles. The average Bonchev–Trinajstić information content (AvgIpc) is 3.61. The first-order valence-corrected chi connectivity index (χ1v) is 12.4. The van der Waals surface area contributed by atoms with Gasteiger partial charge in [0.2, 0.25) is 5.43 Å². The summed E-state index contributed by atoms with van der Waals surface area (Å²) in [5.41, 5.74) is 0.998. The van der Waals surface area contributed by atoms with Crippen molar-refractivity contribution in [2.45, 2.75) is 57.5 Å². The number of pyridine rings is 1. The predicted molar refractivity (Wildman–Crippen MR) is 131 cm³/mol. The first kappa shape index (κ1) is 23.1. The van der Waals surface area contributed by atoms with Crippen molar-refractivity contribution in [3.63, 3.8) is 0 Å². The third kappa shape index (κ3) is 5.06. The summed E-state index contributed by atoms with van der Waals surface area (Å²) in [4.78, 5) is 41.4. The minimum Gasteiger partial charge on any atom is -0.356 e. The fourth-order valence-corrected chi connectivity index (χ4v) is 4.99. The number of hydrogen-bond donors (Lipinski definition) is 1.